The zero-order chi connectivity index (χ0) is 15.5. The van der Waals surface area contributed by atoms with Crippen molar-refractivity contribution in [2.75, 3.05) is 17.6 Å². The smallest absolute Gasteiger partial charge is 0.324 e. The molecule has 0 aliphatic carbocycles. The molecule has 0 saturated heterocycles. The molecule has 0 spiro atoms. The van der Waals surface area contributed by atoms with Gasteiger partial charge in [-0.25, -0.2) is 0 Å². The fraction of sp³-hybridized carbons (Fsp3) is 0.231. The number of amides is 2. The molecule has 0 fully saturated rings. The van der Waals surface area contributed by atoms with Crippen molar-refractivity contribution in [3.63, 3.8) is 0 Å². The van der Waals surface area contributed by atoms with Crippen LogP contribution in [0.1, 0.15) is 5.56 Å². The lowest BCUT2D eigenvalue weighted by Crippen LogP contribution is -2.36. The highest BCUT2D eigenvalue weighted by molar-refractivity contribution is 8.02. The molecule has 1 aromatic carbocycles. The average molecular weight is 316 g/mol. The van der Waals surface area contributed by atoms with Crippen molar-refractivity contribution >= 4 is 29.3 Å². The van der Waals surface area contributed by atoms with Gasteiger partial charge in [0, 0.05) is 6.20 Å². The van der Waals surface area contributed by atoms with E-state index in [1.165, 1.54) is 41.1 Å². The molecule has 1 heterocycles. The van der Waals surface area contributed by atoms with Gasteiger partial charge in [-0.15, -0.1) is 11.8 Å². The highest BCUT2D eigenvalue weighted by Gasteiger charge is 2.33. The standard InChI is InChI=1S/C13H11F3N2O2S/c14-13(15,16)9-3-1-2-4-10(9)17-11(19)7-18-5-6-21-8-12(18)20/h1-6H,7-8H2,(H,17,19). The average Bonchev–Trinajstić information content (AvgIpc) is 2.41. The summed E-state index contributed by atoms with van der Waals surface area (Å²) in [5, 5.41) is 3.84. The molecular weight excluding hydrogens is 305 g/mol. The Kier molecular flexibility index (Phi) is 4.56. The molecule has 0 bridgehead atoms. The van der Waals surface area contributed by atoms with Crippen LogP contribution in [-0.4, -0.2) is 29.0 Å². The van der Waals surface area contributed by atoms with Gasteiger partial charge in [-0.05, 0) is 17.5 Å². The summed E-state index contributed by atoms with van der Waals surface area (Å²) >= 11 is 1.29. The van der Waals surface area contributed by atoms with E-state index in [0.717, 1.165) is 6.07 Å². The van der Waals surface area contributed by atoms with Crippen molar-refractivity contribution in [3.05, 3.63) is 41.4 Å². The molecule has 1 N–H and O–H groups in total. The molecular formula is C13H11F3N2O2S. The van der Waals surface area contributed by atoms with Crippen LogP contribution in [0, 0.1) is 0 Å². The zero-order valence-electron chi connectivity index (χ0n) is 10.7. The highest BCUT2D eigenvalue weighted by Crippen LogP contribution is 2.34. The number of thioether (sulfide) groups is 1. The number of nitrogens with zero attached hydrogens (tertiary/aromatic N) is 1. The van der Waals surface area contributed by atoms with Gasteiger partial charge in [0.05, 0.1) is 17.0 Å². The van der Waals surface area contributed by atoms with Crippen LogP contribution < -0.4 is 5.32 Å². The van der Waals surface area contributed by atoms with E-state index in [9.17, 15) is 22.8 Å². The summed E-state index contributed by atoms with van der Waals surface area (Å²) in [6.07, 6.45) is -3.12. The maximum absolute atomic E-state index is 12.8. The maximum atomic E-state index is 12.8. The van der Waals surface area contributed by atoms with Gasteiger partial charge in [-0.3, -0.25) is 9.59 Å². The lowest BCUT2D eigenvalue weighted by molar-refractivity contribution is -0.137. The third-order valence-electron chi connectivity index (χ3n) is 2.68. The van der Waals surface area contributed by atoms with E-state index in [2.05, 4.69) is 5.32 Å². The van der Waals surface area contributed by atoms with Gasteiger partial charge < -0.3 is 10.2 Å². The van der Waals surface area contributed by atoms with Gasteiger partial charge >= 0.3 is 6.18 Å². The lowest BCUT2D eigenvalue weighted by atomic mass is 10.1. The Morgan fingerprint density at radius 2 is 2.05 bits per heavy atom. The molecule has 112 valence electrons. The lowest BCUT2D eigenvalue weighted by Gasteiger charge is -2.21. The normalized spacial score (nSPS) is 15.2. The van der Waals surface area contributed by atoms with Crippen LogP contribution in [0.2, 0.25) is 0 Å². The first-order valence-electron chi connectivity index (χ1n) is 5.92. The molecule has 8 heteroatoms. The van der Waals surface area contributed by atoms with Gasteiger partial charge in [-0.2, -0.15) is 13.2 Å². The van der Waals surface area contributed by atoms with E-state index in [-0.39, 0.29) is 23.9 Å². The van der Waals surface area contributed by atoms with Crippen LogP contribution in [0.5, 0.6) is 0 Å². The number of nitrogens with one attached hydrogen (secondary N) is 1. The number of hydrogen-bond acceptors (Lipinski definition) is 3. The van der Waals surface area contributed by atoms with Crippen molar-refractivity contribution in [2.45, 2.75) is 6.18 Å². The maximum Gasteiger partial charge on any atom is 0.418 e. The second-order valence-corrected chi connectivity index (χ2v) is 5.10. The predicted octanol–water partition coefficient (Wildman–Crippen LogP) is 2.69. The Bertz CT molecular complexity index is 587. The van der Waals surface area contributed by atoms with Gasteiger partial charge in [0.15, 0.2) is 0 Å². The van der Waals surface area contributed by atoms with E-state index in [0.29, 0.717) is 0 Å². The topological polar surface area (TPSA) is 49.4 Å². The Hall–Kier alpha value is -1.96. The number of carbonyl (C=O) groups excluding carboxylic acids is 2. The summed E-state index contributed by atoms with van der Waals surface area (Å²) in [4.78, 5) is 24.5. The Labute approximate surface area is 123 Å². The molecule has 21 heavy (non-hydrogen) atoms. The van der Waals surface area contributed by atoms with E-state index in [1.54, 1.807) is 5.41 Å². The zero-order valence-corrected chi connectivity index (χ0v) is 11.5. The molecule has 0 saturated carbocycles. The summed E-state index contributed by atoms with van der Waals surface area (Å²) < 4.78 is 38.4. The monoisotopic (exact) mass is 316 g/mol. The summed E-state index contributed by atoms with van der Waals surface area (Å²) in [6.45, 7) is -0.317. The Morgan fingerprint density at radius 1 is 1.33 bits per heavy atom. The molecule has 4 nitrogen and oxygen atoms in total. The largest absolute Gasteiger partial charge is 0.418 e. The van der Waals surface area contributed by atoms with Crippen molar-refractivity contribution in [2.24, 2.45) is 0 Å². The molecule has 1 aliphatic heterocycles. The fourth-order valence-corrected chi connectivity index (χ4v) is 2.36. The van der Waals surface area contributed by atoms with Crippen molar-refractivity contribution in [1.29, 1.82) is 0 Å². The number of para-hydroxylation sites is 1. The number of alkyl halides is 3. The van der Waals surface area contributed by atoms with Crippen LogP contribution >= 0.6 is 11.8 Å². The number of carbonyl (C=O) groups is 2. The number of rotatable bonds is 3. The number of anilines is 1. The van der Waals surface area contributed by atoms with Crippen molar-refractivity contribution < 1.29 is 22.8 Å². The van der Waals surface area contributed by atoms with E-state index in [1.807, 2.05) is 0 Å². The van der Waals surface area contributed by atoms with Crippen LogP contribution in [0.15, 0.2) is 35.9 Å². The first-order valence-corrected chi connectivity index (χ1v) is 6.96. The van der Waals surface area contributed by atoms with Gasteiger partial charge in [0.2, 0.25) is 11.8 Å². The quantitative estimate of drug-likeness (QED) is 0.933. The molecule has 2 rings (SSSR count). The van der Waals surface area contributed by atoms with Gasteiger partial charge in [0.25, 0.3) is 0 Å². The third-order valence-corrected chi connectivity index (χ3v) is 3.41. The minimum Gasteiger partial charge on any atom is -0.324 e. The predicted molar refractivity (Wildman–Crippen MR) is 73.4 cm³/mol. The molecule has 1 aromatic rings. The molecule has 0 radical (unpaired) electrons. The van der Waals surface area contributed by atoms with Gasteiger partial charge in [-0.1, -0.05) is 12.1 Å². The first-order chi connectivity index (χ1) is 9.88. The third kappa shape index (κ3) is 4.01. The number of hydrogen-bond donors (Lipinski definition) is 1. The van der Waals surface area contributed by atoms with E-state index < -0.39 is 17.6 Å². The van der Waals surface area contributed by atoms with Crippen LogP contribution in [-0.2, 0) is 15.8 Å². The number of halogens is 3. The second-order valence-electron chi connectivity index (χ2n) is 4.21. The molecule has 0 atom stereocenters. The van der Waals surface area contributed by atoms with Crippen LogP contribution in [0.4, 0.5) is 18.9 Å². The summed E-state index contributed by atoms with van der Waals surface area (Å²) in [7, 11) is 0. The Morgan fingerprint density at radius 3 is 2.71 bits per heavy atom. The fourth-order valence-electron chi connectivity index (χ4n) is 1.73. The first kappa shape index (κ1) is 15.4. The highest BCUT2D eigenvalue weighted by atomic mass is 32.2. The molecule has 0 unspecified atom stereocenters. The minimum absolute atomic E-state index is 0.211. The van der Waals surface area contributed by atoms with E-state index in [4.69, 9.17) is 0 Å². The van der Waals surface area contributed by atoms with Crippen LogP contribution in [0.3, 0.4) is 0 Å². The Balaban J connectivity index is 2.08. The van der Waals surface area contributed by atoms with Crippen molar-refractivity contribution in [1.82, 2.24) is 4.90 Å². The van der Waals surface area contributed by atoms with Crippen LogP contribution in [0.25, 0.3) is 0 Å². The summed E-state index contributed by atoms with van der Waals surface area (Å²) in [5.74, 6) is -0.735. The van der Waals surface area contributed by atoms with Gasteiger partial charge in [0.1, 0.15) is 6.54 Å². The minimum atomic E-state index is -4.55. The summed E-state index contributed by atoms with van der Waals surface area (Å²) in [6, 6.07) is 4.70. The molecule has 2 amide bonds. The van der Waals surface area contributed by atoms with Crippen molar-refractivity contribution in [3.8, 4) is 0 Å². The van der Waals surface area contributed by atoms with E-state index >= 15 is 0 Å². The molecule has 1 aliphatic rings. The number of benzene rings is 1. The molecule has 0 aromatic heterocycles. The SMILES string of the molecule is O=C(CN1C=CSCC1=O)Nc1ccccc1C(F)(F)F. The second kappa shape index (κ2) is 6.21. The summed E-state index contributed by atoms with van der Waals surface area (Å²) in [5.41, 5.74) is -1.24.